The Labute approximate surface area is 124 Å². The van der Waals surface area contributed by atoms with Crippen molar-refractivity contribution in [1.29, 1.82) is 0 Å². The van der Waals surface area contributed by atoms with Crippen LogP contribution in [0, 0.1) is 5.92 Å². The zero-order valence-electron chi connectivity index (χ0n) is 10.2. The highest BCUT2D eigenvalue weighted by Crippen LogP contribution is 2.22. The monoisotopic (exact) mass is 377 g/mol. The summed E-state index contributed by atoms with van der Waals surface area (Å²) < 4.78 is 0.752. The van der Waals surface area contributed by atoms with Crippen LogP contribution in [-0.4, -0.2) is 22.9 Å². The predicted molar refractivity (Wildman–Crippen MR) is 80.3 cm³/mol. The third-order valence-electron chi connectivity index (χ3n) is 2.63. The molecule has 0 radical (unpaired) electrons. The van der Waals surface area contributed by atoms with E-state index in [1.165, 1.54) is 6.07 Å². The fraction of sp³-hybridized carbons (Fsp3) is 0.462. The number of rotatable bonds is 6. The fourth-order valence-corrected chi connectivity index (χ4v) is 2.19. The van der Waals surface area contributed by atoms with Crippen LogP contribution in [0.25, 0.3) is 0 Å². The SMILES string of the molecule is CC(CBr)CCCNC(=O)c1ccc(Br)cc1O. The van der Waals surface area contributed by atoms with Crippen LogP contribution >= 0.6 is 31.9 Å². The van der Waals surface area contributed by atoms with Gasteiger partial charge in [-0.25, -0.2) is 0 Å². The van der Waals surface area contributed by atoms with Crippen molar-refractivity contribution >= 4 is 37.8 Å². The first-order valence-electron chi connectivity index (χ1n) is 5.87. The zero-order chi connectivity index (χ0) is 13.5. The molecule has 0 fully saturated rings. The largest absolute Gasteiger partial charge is 0.507 e. The fourth-order valence-electron chi connectivity index (χ4n) is 1.52. The minimum atomic E-state index is -0.230. The maximum atomic E-state index is 11.8. The molecular weight excluding hydrogens is 362 g/mol. The summed E-state index contributed by atoms with van der Waals surface area (Å²) in [6.07, 6.45) is 2.01. The Morgan fingerprint density at radius 1 is 1.50 bits per heavy atom. The molecule has 3 nitrogen and oxygen atoms in total. The highest BCUT2D eigenvalue weighted by atomic mass is 79.9. The lowest BCUT2D eigenvalue weighted by atomic mass is 10.1. The van der Waals surface area contributed by atoms with Crippen molar-refractivity contribution in [3.05, 3.63) is 28.2 Å². The van der Waals surface area contributed by atoms with Gasteiger partial charge in [0.2, 0.25) is 0 Å². The van der Waals surface area contributed by atoms with E-state index < -0.39 is 0 Å². The first-order chi connectivity index (χ1) is 8.54. The first kappa shape index (κ1) is 15.5. The van der Waals surface area contributed by atoms with Crippen LogP contribution in [0.5, 0.6) is 5.75 Å². The molecule has 1 aromatic rings. The Morgan fingerprint density at radius 2 is 2.22 bits per heavy atom. The van der Waals surface area contributed by atoms with Gasteiger partial charge in [-0.05, 0) is 37.0 Å². The van der Waals surface area contributed by atoms with Crippen molar-refractivity contribution in [2.75, 3.05) is 11.9 Å². The van der Waals surface area contributed by atoms with Gasteiger partial charge in [-0.3, -0.25) is 4.79 Å². The number of benzene rings is 1. The number of halogens is 2. The Kier molecular flexibility index (Phi) is 6.71. The van der Waals surface area contributed by atoms with Crippen LogP contribution in [0.4, 0.5) is 0 Å². The third-order valence-corrected chi connectivity index (χ3v) is 4.23. The van der Waals surface area contributed by atoms with Crippen LogP contribution in [0.3, 0.4) is 0 Å². The van der Waals surface area contributed by atoms with Crippen LogP contribution in [0.15, 0.2) is 22.7 Å². The molecule has 2 N–H and O–H groups in total. The van der Waals surface area contributed by atoms with Crippen LogP contribution < -0.4 is 5.32 Å². The molecule has 1 rings (SSSR count). The smallest absolute Gasteiger partial charge is 0.255 e. The molecule has 1 unspecified atom stereocenters. The molecule has 5 heteroatoms. The molecule has 100 valence electrons. The maximum absolute atomic E-state index is 11.8. The van der Waals surface area contributed by atoms with Crippen molar-refractivity contribution in [3.8, 4) is 5.75 Å². The van der Waals surface area contributed by atoms with Crippen molar-refractivity contribution < 1.29 is 9.90 Å². The average molecular weight is 379 g/mol. The van der Waals surface area contributed by atoms with E-state index in [0.717, 1.165) is 22.6 Å². The van der Waals surface area contributed by atoms with Crippen molar-refractivity contribution in [2.45, 2.75) is 19.8 Å². The number of nitrogens with one attached hydrogen (secondary N) is 1. The highest BCUT2D eigenvalue weighted by Gasteiger charge is 2.10. The molecule has 0 aliphatic carbocycles. The van der Waals surface area contributed by atoms with Crippen molar-refractivity contribution in [1.82, 2.24) is 5.32 Å². The summed E-state index contributed by atoms with van der Waals surface area (Å²) >= 11 is 6.66. The van der Waals surface area contributed by atoms with E-state index in [1.807, 2.05) is 0 Å². The second-order valence-electron chi connectivity index (χ2n) is 4.32. The molecule has 0 aliphatic heterocycles. The number of carbonyl (C=O) groups is 1. The maximum Gasteiger partial charge on any atom is 0.255 e. The molecule has 0 aromatic heterocycles. The minimum Gasteiger partial charge on any atom is -0.507 e. The van der Waals surface area contributed by atoms with Crippen LogP contribution in [0.1, 0.15) is 30.1 Å². The summed E-state index contributed by atoms with van der Waals surface area (Å²) in [5.41, 5.74) is 0.312. The molecule has 1 amide bonds. The lowest BCUT2D eigenvalue weighted by Crippen LogP contribution is -2.24. The summed E-state index contributed by atoms with van der Waals surface area (Å²) in [5.74, 6) is 0.380. The molecule has 0 saturated heterocycles. The topological polar surface area (TPSA) is 49.3 Å². The van der Waals surface area contributed by atoms with Crippen LogP contribution in [-0.2, 0) is 0 Å². The van der Waals surface area contributed by atoms with E-state index >= 15 is 0 Å². The van der Waals surface area contributed by atoms with Gasteiger partial charge in [0.15, 0.2) is 0 Å². The highest BCUT2D eigenvalue weighted by molar-refractivity contribution is 9.10. The molecule has 1 aromatic carbocycles. The van der Waals surface area contributed by atoms with E-state index in [1.54, 1.807) is 12.1 Å². The Morgan fingerprint density at radius 3 is 2.83 bits per heavy atom. The van der Waals surface area contributed by atoms with Crippen molar-refractivity contribution in [3.63, 3.8) is 0 Å². The average Bonchev–Trinajstić information content (AvgIpc) is 2.34. The van der Waals surface area contributed by atoms with Gasteiger partial charge in [0, 0.05) is 16.3 Å². The van der Waals surface area contributed by atoms with E-state index in [9.17, 15) is 9.90 Å². The second-order valence-corrected chi connectivity index (χ2v) is 5.88. The van der Waals surface area contributed by atoms with Gasteiger partial charge in [-0.1, -0.05) is 38.8 Å². The Balaban J connectivity index is 2.41. The first-order valence-corrected chi connectivity index (χ1v) is 7.78. The van der Waals surface area contributed by atoms with Gasteiger partial charge >= 0.3 is 0 Å². The molecule has 0 spiro atoms. The number of phenolic OH excluding ortho intramolecular Hbond substituents is 1. The van der Waals surface area contributed by atoms with Gasteiger partial charge < -0.3 is 10.4 Å². The number of phenols is 1. The number of aromatic hydroxyl groups is 1. The number of alkyl halides is 1. The van der Waals surface area contributed by atoms with Crippen molar-refractivity contribution in [2.24, 2.45) is 5.92 Å². The number of amides is 1. The molecule has 0 aliphatic rings. The summed E-state index contributed by atoms with van der Waals surface area (Å²) in [5, 5.41) is 13.4. The van der Waals surface area contributed by atoms with E-state index in [-0.39, 0.29) is 11.7 Å². The lowest BCUT2D eigenvalue weighted by Gasteiger charge is -2.09. The summed E-state index contributed by atoms with van der Waals surface area (Å²) in [7, 11) is 0. The molecule has 0 heterocycles. The molecule has 0 bridgehead atoms. The van der Waals surface area contributed by atoms with E-state index in [2.05, 4.69) is 44.1 Å². The summed E-state index contributed by atoms with van der Waals surface area (Å²) in [6.45, 7) is 2.79. The van der Waals surface area contributed by atoms with Gasteiger partial charge in [-0.15, -0.1) is 0 Å². The summed E-state index contributed by atoms with van der Waals surface area (Å²) in [6, 6.07) is 4.86. The molecule has 0 saturated carbocycles. The van der Waals surface area contributed by atoms with Gasteiger partial charge in [-0.2, -0.15) is 0 Å². The molecule has 18 heavy (non-hydrogen) atoms. The van der Waals surface area contributed by atoms with E-state index in [0.29, 0.717) is 18.0 Å². The minimum absolute atomic E-state index is 0.00398. The number of hydrogen-bond donors (Lipinski definition) is 2. The Hall–Kier alpha value is -0.550. The summed E-state index contributed by atoms with van der Waals surface area (Å²) in [4.78, 5) is 11.8. The predicted octanol–water partition coefficient (Wildman–Crippen LogP) is 3.70. The zero-order valence-corrected chi connectivity index (χ0v) is 13.4. The van der Waals surface area contributed by atoms with Crippen LogP contribution in [0.2, 0.25) is 0 Å². The second kappa shape index (κ2) is 7.79. The normalized spacial score (nSPS) is 12.2. The van der Waals surface area contributed by atoms with Gasteiger partial charge in [0.1, 0.15) is 5.75 Å². The number of hydrogen-bond acceptors (Lipinski definition) is 2. The van der Waals surface area contributed by atoms with Gasteiger partial charge in [0.25, 0.3) is 5.91 Å². The molecule has 1 atom stereocenters. The lowest BCUT2D eigenvalue weighted by molar-refractivity contribution is 0.0950. The molecular formula is C13H17Br2NO2. The van der Waals surface area contributed by atoms with Gasteiger partial charge in [0.05, 0.1) is 5.56 Å². The standard InChI is InChI=1S/C13H17Br2NO2/c1-9(8-14)3-2-6-16-13(18)11-5-4-10(15)7-12(11)17/h4-5,7,9,17H,2-3,6,8H2,1H3,(H,16,18). The van der Waals surface area contributed by atoms with E-state index in [4.69, 9.17) is 0 Å². The Bertz CT molecular complexity index is 410. The quantitative estimate of drug-likeness (QED) is 0.585. The number of carbonyl (C=O) groups excluding carboxylic acids is 1. The third kappa shape index (κ3) is 4.98.